The number of ether oxygens (including phenoxy) is 1. The van der Waals surface area contributed by atoms with E-state index in [9.17, 15) is 24.0 Å². The van der Waals surface area contributed by atoms with Crippen molar-refractivity contribution in [2.75, 3.05) is 26.7 Å². The summed E-state index contributed by atoms with van der Waals surface area (Å²) in [5.74, 6) is -1.63. The SMILES string of the molecule is CCC1CCC2(CC1)NC(=O)N(CC(=O)OCC(=O)N(C)CC(=O)NC(C)(C)C)C2=O. The van der Waals surface area contributed by atoms with Gasteiger partial charge in [0.05, 0.1) is 6.54 Å². The van der Waals surface area contributed by atoms with E-state index in [2.05, 4.69) is 17.6 Å². The lowest BCUT2D eigenvalue weighted by atomic mass is 9.75. The first-order valence-electron chi connectivity index (χ1n) is 10.7. The Morgan fingerprint density at radius 3 is 2.39 bits per heavy atom. The third-order valence-electron chi connectivity index (χ3n) is 5.75. The number of urea groups is 1. The molecule has 174 valence electrons. The molecule has 2 fully saturated rings. The zero-order valence-electron chi connectivity index (χ0n) is 19.1. The van der Waals surface area contributed by atoms with E-state index in [1.807, 2.05) is 20.8 Å². The molecule has 0 aromatic rings. The average molecular weight is 439 g/mol. The molecule has 1 saturated carbocycles. The van der Waals surface area contributed by atoms with Gasteiger partial charge in [0, 0.05) is 12.6 Å². The molecular weight excluding hydrogens is 404 g/mol. The first kappa shape index (κ1) is 24.6. The molecule has 1 saturated heterocycles. The maximum atomic E-state index is 12.8. The van der Waals surface area contributed by atoms with E-state index in [0.29, 0.717) is 18.8 Å². The van der Waals surface area contributed by atoms with Crippen molar-refractivity contribution >= 4 is 29.7 Å². The van der Waals surface area contributed by atoms with Gasteiger partial charge in [-0.05, 0) is 52.4 Å². The fourth-order valence-electron chi connectivity index (χ4n) is 3.93. The lowest BCUT2D eigenvalue weighted by Gasteiger charge is -2.34. The van der Waals surface area contributed by atoms with E-state index in [-0.39, 0.29) is 12.5 Å². The Bertz CT molecular complexity index is 737. The molecule has 2 rings (SSSR count). The number of imide groups is 1. The zero-order chi connectivity index (χ0) is 23.4. The van der Waals surface area contributed by atoms with Gasteiger partial charge < -0.3 is 20.3 Å². The number of rotatable bonds is 7. The third-order valence-corrected chi connectivity index (χ3v) is 5.75. The molecule has 1 heterocycles. The number of carbonyl (C=O) groups excluding carboxylic acids is 5. The molecule has 10 heteroatoms. The van der Waals surface area contributed by atoms with Gasteiger partial charge in [-0.1, -0.05) is 13.3 Å². The predicted octanol–water partition coefficient (Wildman–Crippen LogP) is 0.794. The van der Waals surface area contributed by atoms with Crippen molar-refractivity contribution in [3.8, 4) is 0 Å². The van der Waals surface area contributed by atoms with Crippen LogP contribution in [0.5, 0.6) is 0 Å². The highest BCUT2D eigenvalue weighted by Gasteiger charge is 2.52. The molecule has 0 atom stereocenters. The minimum Gasteiger partial charge on any atom is -0.454 e. The lowest BCUT2D eigenvalue weighted by Crippen LogP contribution is -2.49. The van der Waals surface area contributed by atoms with Crippen LogP contribution >= 0.6 is 0 Å². The van der Waals surface area contributed by atoms with Crippen LogP contribution in [0.15, 0.2) is 0 Å². The van der Waals surface area contributed by atoms with E-state index >= 15 is 0 Å². The maximum Gasteiger partial charge on any atom is 0.326 e. The molecule has 10 nitrogen and oxygen atoms in total. The van der Waals surface area contributed by atoms with Crippen molar-refractivity contribution in [3.05, 3.63) is 0 Å². The molecule has 5 amide bonds. The molecule has 2 aliphatic rings. The summed E-state index contributed by atoms with van der Waals surface area (Å²) in [5, 5.41) is 5.49. The summed E-state index contributed by atoms with van der Waals surface area (Å²) in [4.78, 5) is 63.3. The molecular formula is C21H34N4O6. The van der Waals surface area contributed by atoms with E-state index in [4.69, 9.17) is 4.74 Å². The number of amides is 5. The summed E-state index contributed by atoms with van der Waals surface area (Å²) >= 11 is 0. The quantitative estimate of drug-likeness (QED) is 0.447. The second kappa shape index (κ2) is 9.65. The van der Waals surface area contributed by atoms with Crippen molar-refractivity contribution < 1.29 is 28.7 Å². The van der Waals surface area contributed by atoms with E-state index in [0.717, 1.165) is 29.1 Å². The van der Waals surface area contributed by atoms with Crippen LogP contribution in [0.4, 0.5) is 4.79 Å². The van der Waals surface area contributed by atoms with Crippen LogP contribution in [0.1, 0.15) is 59.8 Å². The first-order valence-corrected chi connectivity index (χ1v) is 10.7. The summed E-state index contributed by atoms with van der Waals surface area (Å²) < 4.78 is 4.94. The van der Waals surface area contributed by atoms with Gasteiger partial charge in [-0.15, -0.1) is 0 Å². The van der Waals surface area contributed by atoms with Gasteiger partial charge in [-0.25, -0.2) is 4.79 Å². The van der Waals surface area contributed by atoms with Gasteiger partial charge in [0.25, 0.3) is 11.8 Å². The predicted molar refractivity (Wildman–Crippen MR) is 112 cm³/mol. The van der Waals surface area contributed by atoms with Gasteiger partial charge in [0.2, 0.25) is 5.91 Å². The molecule has 0 aromatic heterocycles. The number of hydrogen-bond acceptors (Lipinski definition) is 6. The van der Waals surface area contributed by atoms with Gasteiger partial charge >= 0.3 is 12.0 Å². The fraction of sp³-hybridized carbons (Fsp3) is 0.762. The number of esters is 1. The molecule has 1 aliphatic carbocycles. The monoisotopic (exact) mass is 438 g/mol. The second-order valence-corrected chi connectivity index (χ2v) is 9.46. The average Bonchev–Trinajstić information content (AvgIpc) is 2.89. The van der Waals surface area contributed by atoms with Crippen LogP contribution in [-0.4, -0.2) is 77.3 Å². The minimum atomic E-state index is -0.931. The molecule has 0 aromatic carbocycles. The number of nitrogens with zero attached hydrogens (tertiary/aromatic N) is 2. The summed E-state index contributed by atoms with van der Waals surface area (Å²) in [7, 11) is 1.42. The molecule has 1 spiro atoms. The van der Waals surface area contributed by atoms with Crippen LogP contribution in [0.25, 0.3) is 0 Å². The molecule has 0 unspecified atom stereocenters. The largest absolute Gasteiger partial charge is 0.454 e. The fourth-order valence-corrected chi connectivity index (χ4v) is 3.93. The summed E-state index contributed by atoms with van der Waals surface area (Å²) in [6.07, 6.45) is 3.85. The number of carbonyl (C=O) groups is 5. The number of hydrogen-bond donors (Lipinski definition) is 2. The van der Waals surface area contributed by atoms with Crippen LogP contribution in [0.3, 0.4) is 0 Å². The van der Waals surface area contributed by atoms with Crippen molar-refractivity contribution in [3.63, 3.8) is 0 Å². The van der Waals surface area contributed by atoms with Crippen LogP contribution in [0.2, 0.25) is 0 Å². The van der Waals surface area contributed by atoms with Crippen LogP contribution in [-0.2, 0) is 23.9 Å². The highest BCUT2D eigenvalue weighted by atomic mass is 16.5. The number of likely N-dealkylation sites (N-methyl/N-ethyl adjacent to an activating group) is 1. The van der Waals surface area contributed by atoms with E-state index in [1.165, 1.54) is 7.05 Å². The van der Waals surface area contributed by atoms with E-state index < -0.39 is 48.0 Å². The van der Waals surface area contributed by atoms with E-state index in [1.54, 1.807) is 0 Å². The maximum absolute atomic E-state index is 12.8. The summed E-state index contributed by atoms with van der Waals surface area (Å²) in [6, 6.07) is -0.612. The van der Waals surface area contributed by atoms with Crippen molar-refractivity contribution in [1.29, 1.82) is 0 Å². The Hall–Kier alpha value is -2.65. The molecule has 1 aliphatic heterocycles. The Balaban J connectivity index is 1.82. The first-order chi connectivity index (χ1) is 14.4. The van der Waals surface area contributed by atoms with Gasteiger partial charge in [-0.3, -0.25) is 24.1 Å². The van der Waals surface area contributed by atoms with Crippen molar-refractivity contribution in [2.24, 2.45) is 5.92 Å². The van der Waals surface area contributed by atoms with Crippen LogP contribution < -0.4 is 10.6 Å². The van der Waals surface area contributed by atoms with Gasteiger partial charge in [-0.2, -0.15) is 0 Å². The number of nitrogens with one attached hydrogen (secondary N) is 2. The van der Waals surface area contributed by atoms with Gasteiger partial charge in [0.15, 0.2) is 6.61 Å². The molecule has 0 radical (unpaired) electrons. The summed E-state index contributed by atoms with van der Waals surface area (Å²) in [6.45, 7) is 6.27. The third kappa shape index (κ3) is 6.41. The Morgan fingerprint density at radius 2 is 1.84 bits per heavy atom. The Morgan fingerprint density at radius 1 is 1.23 bits per heavy atom. The van der Waals surface area contributed by atoms with Crippen LogP contribution in [0, 0.1) is 5.92 Å². The highest BCUT2D eigenvalue weighted by molar-refractivity contribution is 6.08. The smallest absolute Gasteiger partial charge is 0.326 e. The normalized spacial score (nSPS) is 23.5. The molecule has 31 heavy (non-hydrogen) atoms. The Labute approximate surface area is 183 Å². The Kier molecular flexibility index (Phi) is 7.67. The van der Waals surface area contributed by atoms with Crippen molar-refractivity contribution in [1.82, 2.24) is 20.4 Å². The molecule has 0 bridgehead atoms. The van der Waals surface area contributed by atoms with Gasteiger partial charge in [0.1, 0.15) is 12.1 Å². The zero-order valence-corrected chi connectivity index (χ0v) is 19.1. The molecule has 2 N–H and O–H groups in total. The standard InChI is InChI=1S/C21H34N4O6/c1-6-14-7-9-21(10-8-14)18(29)25(19(30)23-21)12-17(28)31-13-16(27)24(5)11-15(26)22-20(2,3)4/h14H,6-13H2,1-5H3,(H,22,26)(H,23,30). The highest BCUT2D eigenvalue weighted by Crippen LogP contribution is 2.37. The van der Waals surface area contributed by atoms with Crippen molar-refractivity contribution in [2.45, 2.75) is 70.9 Å². The second-order valence-electron chi connectivity index (χ2n) is 9.46. The lowest BCUT2D eigenvalue weighted by molar-refractivity contribution is -0.154. The topological polar surface area (TPSA) is 125 Å². The summed E-state index contributed by atoms with van der Waals surface area (Å²) in [5.41, 5.74) is -1.36. The minimum absolute atomic E-state index is 0.179.